The molecular formula is C12H15NO2S. The Morgan fingerprint density at radius 3 is 2.81 bits per heavy atom. The molecule has 2 rings (SSSR count). The summed E-state index contributed by atoms with van der Waals surface area (Å²) in [5, 5.41) is 9.83. The van der Waals surface area contributed by atoms with Gasteiger partial charge in [-0.3, -0.25) is 4.79 Å². The van der Waals surface area contributed by atoms with E-state index >= 15 is 0 Å². The maximum absolute atomic E-state index is 11.8. The van der Waals surface area contributed by atoms with Crippen LogP contribution < -0.4 is 0 Å². The molecule has 1 saturated heterocycles. The standard InChI is InChI=1S/C12H15NO2S/c14-11(8-10-4-2-1-3-5-10)12(15)13-6-7-16-9-13/h1-5,11,14H,6-9H2. The van der Waals surface area contributed by atoms with Gasteiger partial charge in [-0.1, -0.05) is 30.3 Å². The van der Waals surface area contributed by atoms with Crippen LogP contribution in [0.5, 0.6) is 0 Å². The molecule has 1 aromatic carbocycles. The van der Waals surface area contributed by atoms with Gasteiger partial charge in [-0.25, -0.2) is 0 Å². The van der Waals surface area contributed by atoms with Crippen LogP contribution in [0.2, 0.25) is 0 Å². The van der Waals surface area contributed by atoms with Gasteiger partial charge in [-0.15, -0.1) is 11.8 Å². The Morgan fingerprint density at radius 2 is 2.19 bits per heavy atom. The summed E-state index contributed by atoms with van der Waals surface area (Å²) in [6.07, 6.45) is -0.498. The smallest absolute Gasteiger partial charge is 0.252 e. The maximum atomic E-state index is 11.8. The van der Waals surface area contributed by atoms with E-state index in [-0.39, 0.29) is 5.91 Å². The summed E-state index contributed by atoms with van der Waals surface area (Å²) in [5.74, 6) is 1.54. The number of carbonyl (C=O) groups excluding carboxylic acids is 1. The molecule has 3 nitrogen and oxygen atoms in total. The topological polar surface area (TPSA) is 40.5 Å². The fourth-order valence-electron chi connectivity index (χ4n) is 1.72. The lowest BCUT2D eigenvalue weighted by atomic mass is 10.1. The number of carbonyl (C=O) groups is 1. The molecule has 0 saturated carbocycles. The van der Waals surface area contributed by atoms with Gasteiger partial charge in [0.05, 0.1) is 5.88 Å². The number of amides is 1. The highest BCUT2D eigenvalue weighted by atomic mass is 32.2. The van der Waals surface area contributed by atoms with Crippen LogP contribution >= 0.6 is 11.8 Å². The second-order valence-electron chi connectivity index (χ2n) is 3.84. The molecule has 1 unspecified atom stereocenters. The average molecular weight is 237 g/mol. The first kappa shape index (κ1) is 11.5. The number of hydrogen-bond donors (Lipinski definition) is 1. The zero-order valence-electron chi connectivity index (χ0n) is 9.00. The SMILES string of the molecule is O=C(C(O)Cc1ccccc1)N1CCSC1. The summed E-state index contributed by atoms with van der Waals surface area (Å²) in [6, 6.07) is 9.61. The van der Waals surface area contributed by atoms with Crippen LogP contribution in [0, 0.1) is 0 Å². The van der Waals surface area contributed by atoms with Crippen LogP contribution in [0.1, 0.15) is 5.56 Å². The molecule has 0 bridgehead atoms. The van der Waals surface area contributed by atoms with E-state index in [4.69, 9.17) is 0 Å². The number of nitrogens with zero attached hydrogens (tertiary/aromatic N) is 1. The second-order valence-corrected chi connectivity index (χ2v) is 4.92. The lowest BCUT2D eigenvalue weighted by Crippen LogP contribution is -2.38. The molecule has 86 valence electrons. The average Bonchev–Trinajstić information content (AvgIpc) is 2.83. The van der Waals surface area contributed by atoms with Gasteiger partial charge in [-0.05, 0) is 5.56 Å². The molecule has 4 heteroatoms. The molecule has 1 aromatic rings. The van der Waals surface area contributed by atoms with Gasteiger partial charge >= 0.3 is 0 Å². The summed E-state index contributed by atoms with van der Waals surface area (Å²) < 4.78 is 0. The molecular weight excluding hydrogens is 222 g/mol. The Hall–Kier alpha value is -1.000. The largest absolute Gasteiger partial charge is 0.383 e. The molecule has 0 spiro atoms. The van der Waals surface area contributed by atoms with Crippen LogP contribution in [-0.2, 0) is 11.2 Å². The van der Waals surface area contributed by atoms with Gasteiger partial charge in [0, 0.05) is 18.7 Å². The Balaban J connectivity index is 1.92. The maximum Gasteiger partial charge on any atom is 0.252 e. The van der Waals surface area contributed by atoms with Gasteiger partial charge in [0.15, 0.2) is 0 Å². The first-order valence-corrected chi connectivity index (χ1v) is 6.51. The number of aliphatic hydroxyl groups is 1. The van der Waals surface area contributed by atoms with E-state index in [1.54, 1.807) is 16.7 Å². The molecule has 0 aromatic heterocycles. The Morgan fingerprint density at radius 1 is 1.44 bits per heavy atom. The Labute approximate surface area is 99.5 Å². The fraction of sp³-hybridized carbons (Fsp3) is 0.417. The molecule has 0 radical (unpaired) electrons. The minimum Gasteiger partial charge on any atom is -0.383 e. The summed E-state index contributed by atoms with van der Waals surface area (Å²) >= 11 is 1.73. The third kappa shape index (κ3) is 2.77. The van der Waals surface area contributed by atoms with Crippen molar-refractivity contribution in [3.05, 3.63) is 35.9 Å². The van der Waals surface area contributed by atoms with Gasteiger partial charge in [0.2, 0.25) is 0 Å². The molecule has 1 amide bonds. The van der Waals surface area contributed by atoms with Crippen LogP contribution in [0.3, 0.4) is 0 Å². The number of aliphatic hydroxyl groups excluding tert-OH is 1. The van der Waals surface area contributed by atoms with Crippen molar-refractivity contribution in [1.82, 2.24) is 4.90 Å². The number of rotatable bonds is 3. The molecule has 1 atom stereocenters. The normalized spacial score (nSPS) is 17.4. The van der Waals surface area contributed by atoms with Crippen LogP contribution in [0.25, 0.3) is 0 Å². The van der Waals surface area contributed by atoms with Crippen molar-refractivity contribution in [1.29, 1.82) is 0 Å². The van der Waals surface area contributed by atoms with Crippen molar-refractivity contribution < 1.29 is 9.90 Å². The highest BCUT2D eigenvalue weighted by Gasteiger charge is 2.24. The highest BCUT2D eigenvalue weighted by Crippen LogP contribution is 2.15. The van der Waals surface area contributed by atoms with Crippen molar-refractivity contribution in [3.63, 3.8) is 0 Å². The lowest BCUT2D eigenvalue weighted by molar-refractivity contribution is -0.138. The molecule has 1 fully saturated rings. The molecule has 1 aliphatic heterocycles. The van der Waals surface area contributed by atoms with Gasteiger partial charge in [0.1, 0.15) is 6.10 Å². The van der Waals surface area contributed by atoms with E-state index in [9.17, 15) is 9.90 Å². The first-order chi connectivity index (χ1) is 7.77. The van der Waals surface area contributed by atoms with Crippen LogP contribution in [0.4, 0.5) is 0 Å². The summed E-state index contributed by atoms with van der Waals surface area (Å²) in [7, 11) is 0. The summed E-state index contributed by atoms with van der Waals surface area (Å²) in [4.78, 5) is 13.5. The van der Waals surface area contributed by atoms with Gasteiger partial charge in [0.25, 0.3) is 5.91 Å². The molecule has 1 heterocycles. The van der Waals surface area contributed by atoms with E-state index in [2.05, 4.69) is 0 Å². The quantitative estimate of drug-likeness (QED) is 0.856. The lowest BCUT2D eigenvalue weighted by Gasteiger charge is -2.18. The van der Waals surface area contributed by atoms with Crippen LogP contribution in [-0.4, -0.2) is 40.2 Å². The van der Waals surface area contributed by atoms with E-state index in [0.29, 0.717) is 12.3 Å². The third-order valence-corrected chi connectivity index (χ3v) is 3.59. The van der Waals surface area contributed by atoms with E-state index in [1.807, 2.05) is 30.3 Å². The molecule has 1 N–H and O–H groups in total. The molecule has 1 aliphatic rings. The predicted molar refractivity (Wildman–Crippen MR) is 65.2 cm³/mol. The van der Waals surface area contributed by atoms with Crippen molar-refractivity contribution in [2.24, 2.45) is 0 Å². The molecule has 16 heavy (non-hydrogen) atoms. The van der Waals surface area contributed by atoms with Crippen LogP contribution in [0.15, 0.2) is 30.3 Å². The summed E-state index contributed by atoms with van der Waals surface area (Å²) in [5.41, 5.74) is 0.996. The minimum absolute atomic E-state index is 0.145. The number of benzene rings is 1. The first-order valence-electron chi connectivity index (χ1n) is 5.36. The van der Waals surface area contributed by atoms with E-state index < -0.39 is 6.10 Å². The van der Waals surface area contributed by atoms with E-state index in [1.165, 1.54) is 0 Å². The second kappa shape index (κ2) is 5.37. The number of hydrogen-bond acceptors (Lipinski definition) is 3. The van der Waals surface area contributed by atoms with Crippen molar-refractivity contribution >= 4 is 17.7 Å². The summed E-state index contributed by atoms with van der Waals surface area (Å²) in [6.45, 7) is 0.759. The Bertz CT molecular complexity index is 349. The van der Waals surface area contributed by atoms with Crippen molar-refractivity contribution in [2.75, 3.05) is 18.2 Å². The zero-order valence-corrected chi connectivity index (χ0v) is 9.82. The predicted octanol–water partition coefficient (Wildman–Crippen LogP) is 1.12. The third-order valence-electron chi connectivity index (χ3n) is 2.62. The van der Waals surface area contributed by atoms with Crippen molar-refractivity contribution in [3.8, 4) is 0 Å². The van der Waals surface area contributed by atoms with Gasteiger partial charge < -0.3 is 10.0 Å². The highest BCUT2D eigenvalue weighted by molar-refractivity contribution is 7.99. The monoisotopic (exact) mass is 237 g/mol. The van der Waals surface area contributed by atoms with Gasteiger partial charge in [-0.2, -0.15) is 0 Å². The Kier molecular flexibility index (Phi) is 3.85. The van der Waals surface area contributed by atoms with E-state index in [0.717, 1.165) is 17.9 Å². The fourth-order valence-corrected chi connectivity index (χ4v) is 2.68. The molecule has 0 aliphatic carbocycles. The minimum atomic E-state index is -0.902. The van der Waals surface area contributed by atoms with Crippen molar-refractivity contribution in [2.45, 2.75) is 12.5 Å². The number of thioether (sulfide) groups is 1. The zero-order chi connectivity index (χ0) is 11.4.